The molecular formula is C23H24F2N4O4S. The van der Waals surface area contributed by atoms with Gasteiger partial charge in [-0.2, -0.15) is 0 Å². The summed E-state index contributed by atoms with van der Waals surface area (Å²) in [7, 11) is 1.55. The molecule has 0 aliphatic carbocycles. The second-order valence-electron chi connectivity index (χ2n) is 7.95. The zero-order valence-corrected chi connectivity index (χ0v) is 19.6. The number of hydrogen-bond donors (Lipinski definition) is 0. The average Bonchev–Trinajstić information content (AvgIpc) is 3.24. The molecule has 0 spiro atoms. The smallest absolute Gasteiger partial charge is 0.416 e. The molecular weight excluding hydrogens is 466 g/mol. The van der Waals surface area contributed by atoms with Gasteiger partial charge in [-0.05, 0) is 48.7 Å². The van der Waals surface area contributed by atoms with E-state index in [1.54, 1.807) is 30.3 Å². The van der Waals surface area contributed by atoms with E-state index in [4.69, 9.17) is 4.74 Å². The number of piperazine rings is 1. The molecule has 2 heterocycles. The Kier molecular flexibility index (Phi) is 6.92. The number of ether oxygens (including phenoxy) is 1. The van der Waals surface area contributed by atoms with Crippen molar-refractivity contribution in [2.45, 2.75) is 6.23 Å². The standard InChI is InChI=1S/C23H24F2N4O4S/c1-26(23(32)34-2)20-14-29(22(31)33-20)17-7-8-19(18(25)13-17)27-9-11-28(12-10-27)21(30)15-3-5-16(24)6-4-15/h3-8,13,20H,9-12,14H2,1-2H3. The fourth-order valence-corrected chi connectivity index (χ4v) is 4.37. The molecule has 1 atom stereocenters. The number of likely N-dealkylation sites (N-methyl/N-ethyl adjacent to an activating group) is 1. The van der Waals surface area contributed by atoms with Crippen LogP contribution < -0.4 is 9.80 Å². The van der Waals surface area contributed by atoms with Gasteiger partial charge in [0.2, 0.25) is 0 Å². The molecule has 2 saturated heterocycles. The van der Waals surface area contributed by atoms with Gasteiger partial charge in [-0.1, -0.05) is 11.8 Å². The maximum absolute atomic E-state index is 15.0. The number of cyclic esters (lactones) is 1. The second kappa shape index (κ2) is 9.88. The van der Waals surface area contributed by atoms with E-state index in [0.717, 1.165) is 11.8 Å². The molecule has 0 saturated carbocycles. The molecule has 2 aromatic rings. The molecule has 2 aliphatic rings. The number of thioether (sulfide) groups is 1. The minimum absolute atomic E-state index is 0.102. The summed E-state index contributed by atoms with van der Waals surface area (Å²) in [5, 5.41) is -0.238. The molecule has 0 radical (unpaired) electrons. The summed E-state index contributed by atoms with van der Waals surface area (Å²) < 4.78 is 33.4. The Morgan fingerprint density at radius 2 is 1.74 bits per heavy atom. The van der Waals surface area contributed by atoms with Crippen molar-refractivity contribution in [2.75, 3.05) is 55.8 Å². The number of nitrogens with zero attached hydrogens (tertiary/aromatic N) is 4. The van der Waals surface area contributed by atoms with E-state index in [1.165, 1.54) is 40.1 Å². The summed E-state index contributed by atoms with van der Waals surface area (Å²) in [4.78, 5) is 42.9. The Morgan fingerprint density at radius 3 is 2.35 bits per heavy atom. The predicted molar refractivity (Wildman–Crippen MR) is 125 cm³/mol. The Bertz CT molecular complexity index is 1090. The van der Waals surface area contributed by atoms with Gasteiger partial charge in [-0.3, -0.25) is 19.4 Å². The SMILES string of the molecule is CSC(=O)N(C)C1CN(c2ccc(N3CCN(C(=O)c4ccc(F)cc4)CC3)c(F)c2)C(=O)O1. The van der Waals surface area contributed by atoms with Gasteiger partial charge in [-0.15, -0.1) is 0 Å². The first-order valence-electron chi connectivity index (χ1n) is 10.7. The van der Waals surface area contributed by atoms with Crippen LogP contribution >= 0.6 is 11.8 Å². The highest BCUT2D eigenvalue weighted by Gasteiger charge is 2.37. The van der Waals surface area contributed by atoms with E-state index >= 15 is 4.39 Å². The molecule has 2 aliphatic heterocycles. The number of benzene rings is 2. The highest BCUT2D eigenvalue weighted by Crippen LogP contribution is 2.29. The summed E-state index contributed by atoms with van der Waals surface area (Å²) in [6, 6.07) is 9.89. The van der Waals surface area contributed by atoms with Crippen molar-refractivity contribution in [2.24, 2.45) is 0 Å². The van der Waals surface area contributed by atoms with Crippen LogP contribution in [0.25, 0.3) is 0 Å². The third-order valence-corrected chi connectivity index (χ3v) is 6.57. The maximum atomic E-state index is 15.0. The van der Waals surface area contributed by atoms with Crippen molar-refractivity contribution < 1.29 is 27.9 Å². The van der Waals surface area contributed by atoms with E-state index < -0.39 is 24.0 Å². The quantitative estimate of drug-likeness (QED) is 0.652. The molecule has 8 nitrogen and oxygen atoms in total. The summed E-state index contributed by atoms with van der Waals surface area (Å²) in [5.74, 6) is -1.10. The summed E-state index contributed by atoms with van der Waals surface area (Å²) >= 11 is 1.01. The molecule has 0 aromatic heterocycles. The van der Waals surface area contributed by atoms with Gasteiger partial charge in [0.25, 0.3) is 11.1 Å². The molecule has 0 bridgehead atoms. The lowest BCUT2D eigenvalue weighted by atomic mass is 10.1. The van der Waals surface area contributed by atoms with Crippen LogP contribution in [-0.2, 0) is 4.74 Å². The van der Waals surface area contributed by atoms with Gasteiger partial charge >= 0.3 is 6.09 Å². The Labute approximate surface area is 200 Å². The first-order valence-corrected chi connectivity index (χ1v) is 11.9. The number of carbonyl (C=O) groups excluding carboxylic acids is 3. The maximum Gasteiger partial charge on any atom is 0.416 e. The fourth-order valence-electron chi connectivity index (χ4n) is 3.97. The van der Waals surface area contributed by atoms with Gasteiger partial charge < -0.3 is 14.5 Å². The normalized spacial score (nSPS) is 18.2. The summed E-state index contributed by atoms with van der Waals surface area (Å²) in [6.07, 6.45) is 0.243. The van der Waals surface area contributed by atoms with Crippen molar-refractivity contribution in [1.29, 1.82) is 0 Å². The van der Waals surface area contributed by atoms with Gasteiger partial charge in [0.15, 0.2) is 6.23 Å². The van der Waals surface area contributed by atoms with Crippen LogP contribution in [0.3, 0.4) is 0 Å². The highest BCUT2D eigenvalue weighted by molar-refractivity contribution is 8.12. The number of rotatable bonds is 4. The number of carbonyl (C=O) groups is 3. The van der Waals surface area contributed by atoms with Crippen molar-refractivity contribution in [3.8, 4) is 0 Å². The van der Waals surface area contributed by atoms with Gasteiger partial charge in [-0.25, -0.2) is 13.6 Å². The third kappa shape index (κ3) is 4.79. The van der Waals surface area contributed by atoms with Crippen LogP contribution in [0.15, 0.2) is 42.5 Å². The second-order valence-corrected chi connectivity index (χ2v) is 8.71. The number of amides is 3. The first kappa shape index (κ1) is 23.8. The molecule has 0 N–H and O–H groups in total. The Hall–Kier alpha value is -3.34. The van der Waals surface area contributed by atoms with Crippen LogP contribution in [-0.4, -0.2) is 79.3 Å². The van der Waals surface area contributed by atoms with Gasteiger partial charge in [0, 0.05) is 38.8 Å². The number of anilines is 2. The Morgan fingerprint density at radius 1 is 1.06 bits per heavy atom. The van der Waals surface area contributed by atoms with E-state index in [1.807, 2.05) is 4.90 Å². The molecule has 4 rings (SSSR count). The molecule has 180 valence electrons. The van der Waals surface area contributed by atoms with E-state index in [-0.39, 0.29) is 17.7 Å². The van der Waals surface area contributed by atoms with Crippen molar-refractivity contribution in [3.63, 3.8) is 0 Å². The minimum atomic E-state index is -0.748. The van der Waals surface area contributed by atoms with Crippen LogP contribution in [0.2, 0.25) is 0 Å². The molecule has 34 heavy (non-hydrogen) atoms. The summed E-state index contributed by atoms with van der Waals surface area (Å²) in [5.41, 5.74) is 1.12. The van der Waals surface area contributed by atoms with Crippen LogP contribution in [0.5, 0.6) is 0 Å². The fraction of sp³-hybridized carbons (Fsp3) is 0.348. The van der Waals surface area contributed by atoms with Crippen molar-refractivity contribution in [3.05, 3.63) is 59.7 Å². The average molecular weight is 491 g/mol. The lowest BCUT2D eigenvalue weighted by molar-refractivity contribution is 0.0668. The predicted octanol–water partition coefficient (Wildman–Crippen LogP) is 3.62. The number of halogens is 2. The minimum Gasteiger partial charge on any atom is -0.423 e. The monoisotopic (exact) mass is 490 g/mol. The van der Waals surface area contributed by atoms with Gasteiger partial charge in [0.05, 0.1) is 17.9 Å². The highest BCUT2D eigenvalue weighted by atomic mass is 32.2. The molecule has 11 heteroatoms. The van der Waals surface area contributed by atoms with E-state index in [9.17, 15) is 18.8 Å². The van der Waals surface area contributed by atoms with Crippen LogP contribution in [0.4, 0.5) is 29.7 Å². The van der Waals surface area contributed by atoms with E-state index in [2.05, 4.69) is 0 Å². The largest absolute Gasteiger partial charge is 0.423 e. The third-order valence-electron chi connectivity index (χ3n) is 5.93. The summed E-state index contributed by atoms with van der Waals surface area (Å²) in [6.45, 7) is 1.75. The van der Waals surface area contributed by atoms with Crippen molar-refractivity contribution in [1.82, 2.24) is 9.80 Å². The zero-order chi connectivity index (χ0) is 24.4. The van der Waals surface area contributed by atoms with E-state index in [0.29, 0.717) is 43.1 Å². The van der Waals surface area contributed by atoms with Crippen LogP contribution in [0.1, 0.15) is 10.4 Å². The first-order chi connectivity index (χ1) is 16.3. The van der Waals surface area contributed by atoms with Gasteiger partial charge in [0.1, 0.15) is 11.6 Å². The molecule has 3 amide bonds. The lowest BCUT2D eigenvalue weighted by Gasteiger charge is -2.36. The van der Waals surface area contributed by atoms with Crippen molar-refractivity contribution >= 4 is 40.4 Å². The molecule has 2 aromatic carbocycles. The lowest BCUT2D eigenvalue weighted by Crippen LogP contribution is -2.49. The molecule has 1 unspecified atom stereocenters. The number of hydrogen-bond acceptors (Lipinski definition) is 6. The molecule has 2 fully saturated rings. The van der Waals surface area contributed by atoms with Crippen LogP contribution in [0, 0.1) is 11.6 Å². The zero-order valence-electron chi connectivity index (χ0n) is 18.7. The topological polar surface area (TPSA) is 73.4 Å². The Balaban J connectivity index is 1.39.